The summed E-state index contributed by atoms with van der Waals surface area (Å²) in [5, 5.41) is 9.31. The summed E-state index contributed by atoms with van der Waals surface area (Å²) in [6, 6.07) is 4.75. The summed E-state index contributed by atoms with van der Waals surface area (Å²) >= 11 is 17.2. The molecule has 0 aromatic heterocycles. The van der Waals surface area contributed by atoms with Gasteiger partial charge in [0.2, 0.25) is 0 Å². The predicted octanol–water partition coefficient (Wildman–Crippen LogP) is 3.52. The molecule has 0 saturated carbocycles. The smallest absolute Gasteiger partial charge is 0.152 e. The molecule has 0 amide bonds. The molecule has 0 aliphatic heterocycles. The van der Waals surface area contributed by atoms with Crippen LogP contribution in [0.25, 0.3) is 0 Å². The first-order chi connectivity index (χ1) is 6.15. The van der Waals surface area contributed by atoms with Crippen molar-refractivity contribution in [2.24, 2.45) is 0 Å². The van der Waals surface area contributed by atoms with Gasteiger partial charge in [-0.05, 0) is 18.1 Å². The van der Waals surface area contributed by atoms with Gasteiger partial charge in [-0.2, -0.15) is 5.26 Å². The van der Waals surface area contributed by atoms with E-state index in [4.69, 9.17) is 40.1 Å². The highest BCUT2D eigenvalue weighted by molar-refractivity contribution is 6.43. The molecular weight excluding hydrogens is 228 g/mol. The Balaban J connectivity index is 3.30. The standard InChI is InChI=1S/C9H2Cl3N/c10-7-4-6(2-1-3-13)9(12)8(11)5-7/h4-5H. The molecule has 1 nitrogen and oxygen atoms in total. The van der Waals surface area contributed by atoms with Gasteiger partial charge in [-0.15, -0.1) is 0 Å². The second-order valence-corrected chi connectivity index (χ2v) is 3.33. The summed E-state index contributed by atoms with van der Waals surface area (Å²) < 4.78 is 0. The van der Waals surface area contributed by atoms with E-state index in [1.807, 2.05) is 0 Å². The summed E-state index contributed by atoms with van der Waals surface area (Å²) in [5.41, 5.74) is 0.459. The second kappa shape index (κ2) is 4.40. The third kappa shape index (κ3) is 2.54. The molecule has 64 valence electrons. The zero-order valence-electron chi connectivity index (χ0n) is 6.24. The lowest BCUT2D eigenvalue weighted by molar-refractivity contribution is 1.55. The maximum atomic E-state index is 8.22. The van der Waals surface area contributed by atoms with Gasteiger partial charge in [0.05, 0.1) is 10.0 Å². The van der Waals surface area contributed by atoms with E-state index in [1.165, 1.54) is 6.07 Å². The van der Waals surface area contributed by atoms with Crippen LogP contribution in [0.15, 0.2) is 12.1 Å². The van der Waals surface area contributed by atoms with Crippen LogP contribution in [0.1, 0.15) is 5.56 Å². The third-order valence-electron chi connectivity index (χ3n) is 1.25. The molecule has 0 aliphatic carbocycles. The van der Waals surface area contributed by atoms with Crippen LogP contribution in [0.2, 0.25) is 15.1 Å². The number of halogens is 3. The van der Waals surface area contributed by atoms with Gasteiger partial charge < -0.3 is 0 Å². The Morgan fingerprint density at radius 3 is 2.46 bits per heavy atom. The van der Waals surface area contributed by atoms with E-state index >= 15 is 0 Å². The summed E-state index contributed by atoms with van der Waals surface area (Å²) in [7, 11) is 0. The van der Waals surface area contributed by atoms with E-state index in [2.05, 4.69) is 11.8 Å². The van der Waals surface area contributed by atoms with Crippen LogP contribution in [0.4, 0.5) is 0 Å². The molecule has 0 saturated heterocycles. The fourth-order valence-electron chi connectivity index (χ4n) is 0.742. The van der Waals surface area contributed by atoms with Gasteiger partial charge in [0, 0.05) is 16.5 Å². The number of hydrogen-bond acceptors (Lipinski definition) is 1. The Morgan fingerprint density at radius 1 is 1.15 bits per heavy atom. The van der Waals surface area contributed by atoms with Gasteiger partial charge in [0.1, 0.15) is 0 Å². The number of rotatable bonds is 0. The zero-order chi connectivity index (χ0) is 9.84. The first kappa shape index (κ1) is 10.2. The van der Waals surface area contributed by atoms with E-state index < -0.39 is 0 Å². The Hall–Kier alpha value is -0.860. The fraction of sp³-hybridized carbons (Fsp3) is 0. The first-order valence-corrected chi connectivity index (χ1v) is 4.33. The number of nitriles is 1. The Labute approximate surface area is 90.8 Å². The van der Waals surface area contributed by atoms with E-state index in [1.54, 1.807) is 12.1 Å². The van der Waals surface area contributed by atoms with E-state index in [0.29, 0.717) is 20.6 Å². The third-order valence-corrected chi connectivity index (χ3v) is 2.27. The van der Waals surface area contributed by atoms with Crippen molar-refractivity contribution < 1.29 is 0 Å². The van der Waals surface area contributed by atoms with Crippen molar-refractivity contribution in [1.29, 1.82) is 5.26 Å². The molecule has 0 fully saturated rings. The molecule has 0 aliphatic rings. The van der Waals surface area contributed by atoms with Gasteiger partial charge in [-0.3, -0.25) is 0 Å². The van der Waals surface area contributed by atoms with Crippen molar-refractivity contribution in [1.82, 2.24) is 0 Å². The van der Waals surface area contributed by atoms with Gasteiger partial charge in [0.15, 0.2) is 6.07 Å². The Bertz CT molecular complexity index is 435. The molecule has 0 unspecified atom stereocenters. The fourth-order valence-corrected chi connectivity index (χ4v) is 1.39. The van der Waals surface area contributed by atoms with Crippen LogP contribution in [0, 0.1) is 23.2 Å². The lowest BCUT2D eigenvalue weighted by atomic mass is 10.2. The number of benzene rings is 1. The van der Waals surface area contributed by atoms with Crippen LogP contribution in [-0.2, 0) is 0 Å². The topological polar surface area (TPSA) is 23.8 Å². The molecule has 0 atom stereocenters. The summed E-state index contributed by atoms with van der Waals surface area (Å²) in [6.07, 6.45) is 0. The minimum Gasteiger partial charge on any atom is -0.183 e. The van der Waals surface area contributed by atoms with Crippen molar-refractivity contribution in [2.45, 2.75) is 0 Å². The molecule has 0 radical (unpaired) electrons. The number of hydrogen-bond donors (Lipinski definition) is 0. The SMILES string of the molecule is N#CC#Cc1cc(Cl)cc(Cl)c1Cl. The molecule has 0 heterocycles. The molecular formula is C9H2Cl3N. The first-order valence-electron chi connectivity index (χ1n) is 3.20. The van der Waals surface area contributed by atoms with Crippen molar-refractivity contribution in [3.05, 3.63) is 32.8 Å². The summed E-state index contributed by atoms with van der Waals surface area (Å²) in [4.78, 5) is 0. The van der Waals surface area contributed by atoms with Crippen LogP contribution in [0.5, 0.6) is 0 Å². The maximum Gasteiger partial charge on any atom is 0.152 e. The Morgan fingerprint density at radius 2 is 1.85 bits per heavy atom. The number of nitrogens with zero attached hydrogens (tertiary/aromatic N) is 1. The molecule has 0 bridgehead atoms. The van der Waals surface area contributed by atoms with Gasteiger partial charge in [0.25, 0.3) is 0 Å². The lowest BCUT2D eigenvalue weighted by Crippen LogP contribution is -1.79. The van der Waals surface area contributed by atoms with Crippen LogP contribution < -0.4 is 0 Å². The largest absolute Gasteiger partial charge is 0.183 e. The monoisotopic (exact) mass is 229 g/mol. The average molecular weight is 230 g/mol. The van der Waals surface area contributed by atoms with Crippen LogP contribution in [-0.4, -0.2) is 0 Å². The lowest BCUT2D eigenvalue weighted by Gasteiger charge is -1.99. The highest BCUT2D eigenvalue weighted by atomic mass is 35.5. The molecule has 13 heavy (non-hydrogen) atoms. The van der Waals surface area contributed by atoms with Crippen molar-refractivity contribution in [3.8, 4) is 17.9 Å². The maximum absolute atomic E-state index is 8.22. The van der Waals surface area contributed by atoms with E-state index in [-0.39, 0.29) is 0 Å². The summed E-state index contributed by atoms with van der Waals surface area (Å²) in [5.74, 6) is 4.75. The average Bonchev–Trinajstić information content (AvgIpc) is 2.09. The molecule has 1 aromatic rings. The molecule has 4 heteroatoms. The van der Waals surface area contributed by atoms with E-state index in [9.17, 15) is 0 Å². The van der Waals surface area contributed by atoms with Crippen molar-refractivity contribution in [3.63, 3.8) is 0 Å². The minimum atomic E-state index is 0.314. The van der Waals surface area contributed by atoms with Crippen LogP contribution >= 0.6 is 34.8 Å². The quantitative estimate of drug-likeness (QED) is 0.494. The highest BCUT2D eigenvalue weighted by Gasteiger charge is 2.04. The van der Waals surface area contributed by atoms with Crippen molar-refractivity contribution in [2.75, 3.05) is 0 Å². The van der Waals surface area contributed by atoms with Gasteiger partial charge >= 0.3 is 0 Å². The molecule has 0 N–H and O–H groups in total. The molecule has 0 spiro atoms. The van der Waals surface area contributed by atoms with Gasteiger partial charge in [-0.25, -0.2) is 0 Å². The predicted molar refractivity (Wildman–Crippen MR) is 54.0 cm³/mol. The van der Waals surface area contributed by atoms with Gasteiger partial charge in [-0.1, -0.05) is 34.8 Å². The Kier molecular flexibility index (Phi) is 3.46. The normalized spacial score (nSPS) is 8.46. The molecule has 1 aromatic carbocycles. The molecule has 1 rings (SSSR count). The minimum absolute atomic E-state index is 0.314. The van der Waals surface area contributed by atoms with E-state index in [0.717, 1.165) is 0 Å². The summed E-state index contributed by atoms with van der Waals surface area (Å²) in [6.45, 7) is 0. The van der Waals surface area contributed by atoms with Crippen LogP contribution in [0.3, 0.4) is 0 Å². The highest BCUT2D eigenvalue weighted by Crippen LogP contribution is 2.28. The second-order valence-electron chi connectivity index (χ2n) is 2.11. The zero-order valence-corrected chi connectivity index (χ0v) is 8.50. The van der Waals surface area contributed by atoms with Crippen molar-refractivity contribution >= 4 is 34.8 Å².